The lowest BCUT2D eigenvalue weighted by molar-refractivity contribution is 0.192. The molecule has 2 rings (SSSR count). The lowest BCUT2D eigenvalue weighted by atomic mass is 10.0. The lowest BCUT2D eigenvalue weighted by Gasteiger charge is -2.34. The zero-order valence-electron chi connectivity index (χ0n) is 11.5. The van der Waals surface area contributed by atoms with Gasteiger partial charge in [0.1, 0.15) is 4.90 Å². The standard InChI is InChI=1S/C12H19BrN4O3S/c13-9-7-11(12(16-14)15-8-9)21(19,20)17-5-2-1-3-10(17)4-6-18/h7-8,10,18H,1-6,14H2,(H,15,16). The van der Waals surface area contributed by atoms with Crippen molar-refractivity contribution in [1.29, 1.82) is 0 Å². The number of nitrogens with two attached hydrogens (primary N) is 1. The Labute approximate surface area is 132 Å². The molecule has 118 valence electrons. The van der Waals surface area contributed by atoms with Crippen LogP contribution in [0.3, 0.4) is 0 Å². The fourth-order valence-electron chi connectivity index (χ4n) is 2.58. The van der Waals surface area contributed by atoms with Crippen LogP contribution in [0.15, 0.2) is 21.6 Å². The van der Waals surface area contributed by atoms with Crippen LogP contribution in [0.4, 0.5) is 5.82 Å². The number of piperidine rings is 1. The molecule has 1 atom stereocenters. The van der Waals surface area contributed by atoms with Gasteiger partial charge in [0.25, 0.3) is 0 Å². The SMILES string of the molecule is NNc1ncc(Br)cc1S(=O)(=O)N1CCCCC1CCO. The van der Waals surface area contributed by atoms with Crippen LogP contribution >= 0.6 is 15.9 Å². The molecule has 4 N–H and O–H groups in total. The molecular weight excluding hydrogens is 360 g/mol. The van der Waals surface area contributed by atoms with Crippen molar-refractivity contribution in [2.24, 2.45) is 5.84 Å². The monoisotopic (exact) mass is 378 g/mol. The summed E-state index contributed by atoms with van der Waals surface area (Å²) in [5.41, 5.74) is 2.33. The van der Waals surface area contributed by atoms with Gasteiger partial charge >= 0.3 is 0 Å². The maximum Gasteiger partial charge on any atom is 0.247 e. The van der Waals surface area contributed by atoms with Crippen LogP contribution < -0.4 is 11.3 Å². The van der Waals surface area contributed by atoms with E-state index in [4.69, 9.17) is 10.9 Å². The molecule has 0 aromatic carbocycles. The number of nitrogens with zero attached hydrogens (tertiary/aromatic N) is 2. The summed E-state index contributed by atoms with van der Waals surface area (Å²) in [5.74, 6) is 5.49. The molecular formula is C12H19BrN4O3S. The van der Waals surface area contributed by atoms with E-state index in [0.717, 1.165) is 19.3 Å². The Balaban J connectivity index is 2.42. The Morgan fingerprint density at radius 1 is 1.52 bits per heavy atom. The van der Waals surface area contributed by atoms with Crippen LogP contribution in [0.5, 0.6) is 0 Å². The fourth-order valence-corrected chi connectivity index (χ4v) is 4.92. The van der Waals surface area contributed by atoms with E-state index in [1.54, 1.807) is 0 Å². The highest BCUT2D eigenvalue weighted by molar-refractivity contribution is 9.10. The van der Waals surface area contributed by atoms with E-state index in [1.165, 1.54) is 16.6 Å². The molecule has 7 nitrogen and oxygen atoms in total. The number of hydrogen-bond donors (Lipinski definition) is 3. The van der Waals surface area contributed by atoms with Gasteiger partial charge in [0, 0.05) is 29.9 Å². The number of hydrazine groups is 1. The third-order valence-electron chi connectivity index (χ3n) is 3.58. The molecule has 1 fully saturated rings. The molecule has 0 radical (unpaired) electrons. The Hall–Kier alpha value is -0.740. The Kier molecular flexibility index (Phi) is 5.55. The van der Waals surface area contributed by atoms with Crippen molar-refractivity contribution < 1.29 is 13.5 Å². The van der Waals surface area contributed by atoms with Crippen molar-refractivity contribution in [3.8, 4) is 0 Å². The highest BCUT2D eigenvalue weighted by Gasteiger charge is 2.35. The Morgan fingerprint density at radius 2 is 2.29 bits per heavy atom. The molecule has 0 spiro atoms. The molecule has 0 aliphatic carbocycles. The Morgan fingerprint density at radius 3 is 2.95 bits per heavy atom. The van der Waals surface area contributed by atoms with Crippen molar-refractivity contribution in [3.05, 3.63) is 16.7 Å². The summed E-state index contributed by atoms with van der Waals surface area (Å²) in [5, 5.41) is 9.14. The first-order valence-corrected chi connectivity index (χ1v) is 8.99. The first kappa shape index (κ1) is 16.6. The van der Waals surface area contributed by atoms with Crippen molar-refractivity contribution in [2.45, 2.75) is 36.6 Å². The zero-order valence-corrected chi connectivity index (χ0v) is 13.9. The van der Waals surface area contributed by atoms with Crippen LogP contribution in [0.25, 0.3) is 0 Å². The number of aliphatic hydroxyl groups is 1. The van der Waals surface area contributed by atoms with E-state index in [1.807, 2.05) is 0 Å². The van der Waals surface area contributed by atoms with Gasteiger partial charge in [0.05, 0.1) is 0 Å². The molecule has 2 heterocycles. The van der Waals surface area contributed by atoms with Gasteiger partial charge in [0.15, 0.2) is 5.82 Å². The minimum atomic E-state index is -3.71. The van der Waals surface area contributed by atoms with Crippen molar-refractivity contribution in [2.75, 3.05) is 18.6 Å². The summed E-state index contributed by atoms with van der Waals surface area (Å²) in [7, 11) is -3.71. The van der Waals surface area contributed by atoms with Crippen molar-refractivity contribution in [3.63, 3.8) is 0 Å². The molecule has 0 bridgehead atoms. The smallest absolute Gasteiger partial charge is 0.247 e. The number of pyridine rings is 1. The number of anilines is 1. The molecule has 1 aromatic rings. The quantitative estimate of drug-likeness (QED) is 0.521. The number of nitrogens with one attached hydrogen (secondary N) is 1. The third kappa shape index (κ3) is 3.54. The molecule has 9 heteroatoms. The van der Waals surface area contributed by atoms with Crippen LogP contribution in [0, 0.1) is 0 Å². The largest absolute Gasteiger partial charge is 0.396 e. The van der Waals surface area contributed by atoms with Crippen LogP contribution in [-0.4, -0.2) is 42.0 Å². The summed E-state index contributed by atoms with van der Waals surface area (Å²) >= 11 is 3.23. The van der Waals surface area contributed by atoms with Gasteiger partial charge in [-0.15, -0.1) is 0 Å². The summed E-state index contributed by atoms with van der Waals surface area (Å²) in [4.78, 5) is 4.04. The first-order valence-electron chi connectivity index (χ1n) is 6.75. The van der Waals surface area contributed by atoms with E-state index in [0.29, 0.717) is 17.4 Å². The fraction of sp³-hybridized carbons (Fsp3) is 0.583. The van der Waals surface area contributed by atoms with Gasteiger partial charge < -0.3 is 10.5 Å². The van der Waals surface area contributed by atoms with Gasteiger partial charge in [-0.25, -0.2) is 19.2 Å². The zero-order chi connectivity index (χ0) is 15.5. The number of hydrogen-bond acceptors (Lipinski definition) is 6. The summed E-state index contributed by atoms with van der Waals surface area (Å²) < 4.78 is 27.8. The second kappa shape index (κ2) is 7.01. The maximum atomic E-state index is 12.9. The third-order valence-corrected chi connectivity index (χ3v) is 5.98. The van der Waals surface area contributed by atoms with Gasteiger partial charge in [-0.2, -0.15) is 4.31 Å². The minimum absolute atomic E-state index is 0.0323. The molecule has 0 saturated carbocycles. The molecule has 1 unspecified atom stereocenters. The second-order valence-electron chi connectivity index (χ2n) is 4.92. The number of sulfonamides is 1. The van der Waals surface area contributed by atoms with Gasteiger partial charge in [0.2, 0.25) is 10.0 Å². The van der Waals surface area contributed by atoms with Crippen LogP contribution in [0.2, 0.25) is 0 Å². The predicted octanol–water partition coefficient (Wildman–Crippen LogP) is 1.06. The molecule has 1 aliphatic heterocycles. The molecule has 1 saturated heterocycles. The maximum absolute atomic E-state index is 12.9. The average molecular weight is 379 g/mol. The van der Waals surface area contributed by atoms with Gasteiger partial charge in [-0.05, 0) is 41.3 Å². The molecule has 1 aliphatic rings. The van der Waals surface area contributed by atoms with Gasteiger partial charge in [-0.1, -0.05) is 6.42 Å². The predicted molar refractivity (Wildman–Crippen MR) is 83.0 cm³/mol. The lowest BCUT2D eigenvalue weighted by Crippen LogP contribution is -2.44. The number of halogens is 1. The molecule has 1 aromatic heterocycles. The van der Waals surface area contributed by atoms with Crippen LogP contribution in [-0.2, 0) is 10.0 Å². The molecule has 0 amide bonds. The van der Waals surface area contributed by atoms with E-state index < -0.39 is 10.0 Å². The minimum Gasteiger partial charge on any atom is -0.396 e. The number of nitrogen functional groups attached to an aromatic ring is 1. The molecule has 21 heavy (non-hydrogen) atoms. The van der Waals surface area contributed by atoms with Crippen LogP contribution in [0.1, 0.15) is 25.7 Å². The summed E-state index contributed by atoms with van der Waals surface area (Å²) in [6, 6.07) is 1.31. The average Bonchev–Trinajstić information content (AvgIpc) is 2.48. The topological polar surface area (TPSA) is 109 Å². The Bertz CT molecular complexity index is 594. The highest BCUT2D eigenvalue weighted by atomic mass is 79.9. The summed E-state index contributed by atoms with van der Waals surface area (Å²) in [6.45, 7) is 0.416. The summed E-state index contributed by atoms with van der Waals surface area (Å²) in [6.07, 6.45) is 4.46. The van der Waals surface area contributed by atoms with E-state index in [9.17, 15) is 8.42 Å². The van der Waals surface area contributed by atoms with E-state index in [-0.39, 0.29) is 23.4 Å². The van der Waals surface area contributed by atoms with Gasteiger partial charge in [-0.3, -0.25) is 0 Å². The first-order chi connectivity index (χ1) is 10.0. The van der Waals surface area contributed by atoms with Crippen molar-refractivity contribution >= 4 is 31.8 Å². The second-order valence-corrected chi connectivity index (χ2v) is 7.70. The number of aliphatic hydroxyl groups excluding tert-OH is 1. The van der Waals surface area contributed by atoms with E-state index >= 15 is 0 Å². The number of rotatable bonds is 5. The number of aromatic nitrogens is 1. The highest BCUT2D eigenvalue weighted by Crippen LogP contribution is 2.31. The van der Waals surface area contributed by atoms with E-state index in [2.05, 4.69) is 26.3 Å². The normalized spacial score (nSPS) is 20.4. The van der Waals surface area contributed by atoms with Crippen molar-refractivity contribution in [1.82, 2.24) is 9.29 Å².